The molecule has 1 unspecified atom stereocenters. The number of hydrogen-bond acceptors (Lipinski definition) is 7. The summed E-state index contributed by atoms with van der Waals surface area (Å²) in [7, 11) is 2.37. The van der Waals surface area contributed by atoms with Gasteiger partial charge in [0.05, 0.1) is 31.2 Å². The van der Waals surface area contributed by atoms with E-state index in [4.69, 9.17) is 14.3 Å². The number of anilines is 1. The summed E-state index contributed by atoms with van der Waals surface area (Å²) in [4.78, 5) is 30.0. The topological polar surface area (TPSA) is 95.5 Å². The van der Waals surface area contributed by atoms with Crippen LogP contribution < -0.4 is 14.8 Å². The summed E-state index contributed by atoms with van der Waals surface area (Å²) in [5, 5.41) is 6.41. The standard InChI is InChI=1S/C20H18F2N2O6/c1-27-15-8-12(19(26)28-2)14(10-16(15)29-20(21)22)23-18(25)17-9-13(24-30-17)11-6-4-3-5-7-11/h3-8,10,17,20H,9H2,1-2H3,(H,23,25). The van der Waals surface area contributed by atoms with Crippen LogP contribution in [0.25, 0.3) is 0 Å². The van der Waals surface area contributed by atoms with Crippen molar-refractivity contribution in [1.82, 2.24) is 0 Å². The van der Waals surface area contributed by atoms with Gasteiger partial charge < -0.3 is 24.4 Å². The summed E-state index contributed by atoms with van der Waals surface area (Å²) in [5.74, 6) is -1.91. The molecule has 1 N–H and O–H groups in total. The van der Waals surface area contributed by atoms with E-state index in [9.17, 15) is 18.4 Å². The highest BCUT2D eigenvalue weighted by atomic mass is 19.3. The molecule has 0 fully saturated rings. The number of hydrogen-bond donors (Lipinski definition) is 1. The van der Waals surface area contributed by atoms with Gasteiger partial charge in [-0.2, -0.15) is 8.78 Å². The number of rotatable bonds is 7. The third-order valence-corrected chi connectivity index (χ3v) is 4.25. The van der Waals surface area contributed by atoms with E-state index in [0.717, 1.165) is 24.8 Å². The van der Waals surface area contributed by atoms with E-state index in [2.05, 4.69) is 15.2 Å². The fourth-order valence-corrected chi connectivity index (χ4v) is 2.82. The van der Waals surface area contributed by atoms with E-state index in [-0.39, 0.29) is 29.2 Å². The SMILES string of the molecule is COC(=O)c1cc(OC)c(OC(F)F)cc1NC(=O)C1CC(c2ccccc2)=NO1. The molecule has 1 heterocycles. The number of halogens is 2. The molecule has 0 radical (unpaired) electrons. The first-order chi connectivity index (χ1) is 14.4. The van der Waals surface area contributed by atoms with E-state index in [1.165, 1.54) is 7.11 Å². The molecule has 0 aromatic heterocycles. The Hall–Kier alpha value is -3.69. The third kappa shape index (κ3) is 4.65. The van der Waals surface area contributed by atoms with Crippen LogP contribution in [0.1, 0.15) is 22.3 Å². The van der Waals surface area contributed by atoms with Crippen molar-refractivity contribution < 1.29 is 37.4 Å². The molecule has 0 aliphatic carbocycles. The molecule has 158 valence electrons. The number of esters is 1. The number of amides is 1. The van der Waals surface area contributed by atoms with Crippen molar-refractivity contribution >= 4 is 23.3 Å². The maximum Gasteiger partial charge on any atom is 0.387 e. The predicted octanol–water partition coefficient (Wildman–Crippen LogP) is 3.21. The van der Waals surface area contributed by atoms with Gasteiger partial charge in [-0.15, -0.1) is 0 Å². The smallest absolute Gasteiger partial charge is 0.387 e. The Morgan fingerprint density at radius 3 is 2.53 bits per heavy atom. The van der Waals surface area contributed by atoms with Gasteiger partial charge in [-0.1, -0.05) is 35.5 Å². The van der Waals surface area contributed by atoms with E-state index < -0.39 is 24.6 Å². The molecule has 1 amide bonds. The molecule has 1 aliphatic heterocycles. The normalized spacial score (nSPS) is 15.2. The Morgan fingerprint density at radius 1 is 1.17 bits per heavy atom. The first kappa shape index (κ1) is 21.0. The molecule has 0 bridgehead atoms. The number of nitrogens with one attached hydrogen (secondary N) is 1. The number of benzene rings is 2. The van der Waals surface area contributed by atoms with Gasteiger partial charge in [0.2, 0.25) is 6.10 Å². The molecule has 2 aromatic rings. The van der Waals surface area contributed by atoms with Crippen LogP contribution in [0, 0.1) is 0 Å². The molecule has 1 atom stereocenters. The van der Waals surface area contributed by atoms with E-state index >= 15 is 0 Å². The highest BCUT2D eigenvalue weighted by molar-refractivity contribution is 6.08. The highest BCUT2D eigenvalue weighted by Gasteiger charge is 2.30. The number of nitrogens with zero attached hydrogens (tertiary/aromatic N) is 1. The highest BCUT2D eigenvalue weighted by Crippen LogP contribution is 2.35. The second kappa shape index (κ2) is 9.21. The lowest BCUT2D eigenvalue weighted by Crippen LogP contribution is -2.29. The van der Waals surface area contributed by atoms with Crippen LogP contribution in [0.4, 0.5) is 14.5 Å². The molecule has 10 heteroatoms. The number of carbonyl (C=O) groups excluding carboxylic acids is 2. The van der Waals surface area contributed by atoms with Gasteiger partial charge in [0.15, 0.2) is 11.5 Å². The van der Waals surface area contributed by atoms with E-state index in [1.54, 1.807) is 0 Å². The number of methoxy groups -OCH3 is 2. The number of oxime groups is 1. The van der Waals surface area contributed by atoms with Crippen LogP contribution in [-0.4, -0.2) is 44.5 Å². The Kier molecular flexibility index (Phi) is 6.45. The second-order valence-electron chi connectivity index (χ2n) is 6.11. The van der Waals surface area contributed by atoms with E-state index in [1.807, 2.05) is 30.3 Å². The van der Waals surface area contributed by atoms with Gasteiger partial charge in [0, 0.05) is 18.6 Å². The first-order valence-corrected chi connectivity index (χ1v) is 8.77. The predicted molar refractivity (Wildman–Crippen MR) is 102 cm³/mol. The molecular weight excluding hydrogens is 402 g/mol. The summed E-state index contributed by atoms with van der Waals surface area (Å²) in [5.41, 5.74) is 1.19. The quantitative estimate of drug-likeness (QED) is 0.691. The minimum absolute atomic E-state index is 0.0972. The van der Waals surface area contributed by atoms with Gasteiger partial charge >= 0.3 is 12.6 Å². The average molecular weight is 420 g/mol. The van der Waals surface area contributed by atoms with Crippen molar-refractivity contribution in [3.63, 3.8) is 0 Å². The molecular formula is C20H18F2N2O6. The maximum absolute atomic E-state index is 12.7. The Morgan fingerprint density at radius 2 is 1.90 bits per heavy atom. The van der Waals surface area contributed by atoms with Crippen molar-refractivity contribution in [3.05, 3.63) is 53.6 Å². The summed E-state index contributed by atoms with van der Waals surface area (Å²) < 4.78 is 39.5. The fourth-order valence-electron chi connectivity index (χ4n) is 2.82. The Labute approximate surface area is 170 Å². The zero-order valence-corrected chi connectivity index (χ0v) is 16.1. The summed E-state index contributed by atoms with van der Waals surface area (Å²) >= 11 is 0. The number of ether oxygens (including phenoxy) is 3. The minimum atomic E-state index is -3.13. The van der Waals surface area contributed by atoms with Crippen LogP contribution in [-0.2, 0) is 14.4 Å². The molecule has 0 spiro atoms. The fraction of sp³-hybridized carbons (Fsp3) is 0.250. The Bertz CT molecular complexity index is 965. The van der Waals surface area contributed by atoms with E-state index in [0.29, 0.717) is 5.71 Å². The van der Waals surface area contributed by atoms with Crippen LogP contribution >= 0.6 is 0 Å². The zero-order chi connectivity index (χ0) is 21.7. The van der Waals surface area contributed by atoms with Crippen molar-refractivity contribution in [2.24, 2.45) is 5.16 Å². The lowest BCUT2D eigenvalue weighted by molar-refractivity contribution is -0.125. The van der Waals surface area contributed by atoms with Gasteiger partial charge in [0.1, 0.15) is 0 Å². The van der Waals surface area contributed by atoms with Crippen LogP contribution in [0.2, 0.25) is 0 Å². The lowest BCUT2D eigenvalue weighted by atomic mass is 10.0. The van der Waals surface area contributed by atoms with Gasteiger partial charge in [-0.3, -0.25) is 4.79 Å². The average Bonchev–Trinajstić information content (AvgIpc) is 3.24. The van der Waals surface area contributed by atoms with Gasteiger partial charge in [-0.05, 0) is 5.56 Å². The molecule has 8 nitrogen and oxygen atoms in total. The molecule has 0 saturated carbocycles. The summed E-state index contributed by atoms with van der Waals surface area (Å²) in [6.07, 6.45) is -0.771. The third-order valence-electron chi connectivity index (χ3n) is 4.25. The molecule has 2 aromatic carbocycles. The van der Waals surface area contributed by atoms with Crippen LogP contribution in [0.5, 0.6) is 11.5 Å². The van der Waals surface area contributed by atoms with Crippen molar-refractivity contribution in [2.75, 3.05) is 19.5 Å². The summed E-state index contributed by atoms with van der Waals surface area (Å²) in [6.45, 7) is -3.13. The first-order valence-electron chi connectivity index (χ1n) is 8.77. The lowest BCUT2D eigenvalue weighted by Gasteiger charge is -2.16. The summed E-state index contributed by atoms with van der Waals surface area (Å²) in [6, 6.07) is 11.4. The molecule has 3 rings (SSSR count). The van der Waals surface area contributed by atoms with Crippen LogP contribution in [0.15, 0.2) is 47.6 Å². The van der Waals surface area contributed by atoms with Crippen molar-refractivity contribution in [1.29, 1.82) is 0 Å². The van der Waals surface area contributed by atoms with Crippen molar-refractivity contribution in [2.45, 2.75) is 19.1 Å². The second-order valence-corrected chi connectivity index (χ2v) is 6.11. The largest absolute Gasteiger partial charge is 0.493 e. The molecule has 30 heavy (non-hydrogen) atoms. The van der Waals surface area contributed by atoms with Crippen LogP contribution in [0.3, 0.4) is 0 Å². The molecule has 0 saturated heterocycles. The maximum atomic E-state index is 12.7. The number of carbonyl (C=O) groups is 2. The molecule has 1 aliphatic rings. The number of alkyl halides is 2. The monoisotopic (exact) mass is 420 g/mol. The Balaban J connectivity index is 1.82. The van der Waals surface area contributed by atoms with Crippen molar-refractivity contribution in [3.8, 4) is 11.5 Å². The zero-order valence-electron chi connectivity index (χ0n) is 16.1. The minimum Gasteiger partial charge on any atom is -0.493 e. The van der Waals surface area contributed by atoms with Gasteiger partial charge in [0.25, 0.3) is 5.91 Å². The van der Waals surface area contributed by atoms with Gasteiger partial charge in [-0.25, -0.2) is 4.79 Å².